The third kappa shape index (κ3) is 2.06. The highest BCUT2D eigenvalue weighted by Gasteiger charge is 2.77. The summed E-state index contributed by atoms with van der Waals surface area (Å²) >= 11 is 0. The van der Waals surface area contributed by atoms with Crippen LogP contribution in [0.1, 0.15) is 31.7 Å². The van der Waals surface area contributed by atoms with Gasteiger partial charge >= 0.3 is 5.97 Å². The number of anilines is 1. The summed E-state index contributed by atoms with van der Waals surface area (Å²) < 4.78 is 10.7. The summed E-state index contributed by atoms with van der Waals surface area (Å²) in [5.41, 5.74) is 0.194. The van der Waals surface area contributed by atoms with Crippen molar-refractivity contribution in [3.8, 4) is 5.75 Å². The van der Waals surface area contributed by atoms with Crippen molar-refractivity contribution in [3.63, 3.8) is 0 Å². The van der Waals surface area contributed by atoms with Gasteiger partial charge in [-0.3, -0.25) is 0 Å². The molecule has 4 aliphatic rings. The van der Waals surface area contributed by atoms with E-state index in [1.54, 1.807) is 12.0 Å². The number of benzene rings is 1. The van der Waals surface area contributed by atoms with E-state index in [0.717, 1.165) is 37.4 Å². The number of methoxy groups -OCH3 is 2. The van der Waals surface area contributed by atoms with Crippen molar-refractivity contribution >= 4 is 11.7 Å². The van der Waals surface area contributed by atoms with Gasteiger partial charge in [0.05, 0.1) is 38.8 Å². The minimum atomic E-state index is -1.57. The lowest BCUT2D eigenvalue weighted by Crippen LogP contribution is -3.17. The molecular weight excluding hydrogens is 368 g/mol. The molecule has 6 heteroatoms. The van der Waals surface area contributed by atoms with Gasteiger partial charge in [-0.1, -0.05) is 19.1 Å². The quantitative estimate of drug-likeness (QED) is 0.578. The Kier molecular flexibility index (Phi) is 3.91. The Labute approximate surface area is 172 Å². The van der Waals surface area contributed by atoms with Crippen molar-refractivity contribution in [3.05, 3.63) is 35.9 Å². The normalized spacial score (nSPS) is 41.6. The van der Waals surface area contributed by atoms with Gasteiger partial charge < -0.3 is 24.4 Å². The number of quaternary nitrogens is 1. The number of likely N-dealkylation sites (N-methyl/N-ethyl adjacent to an activating group) is 1. The Balaban J connectivity index is 1.81. The standard InChI is InChI=1S/C23H30N2O4/c1-5-21-9-6-11-25-12-10-22(18(21)25)16-8-7-15(28-3)13-17(16)24(2)19(22)23(27,14-21)20(26)29-4/h6-9,13,18-19,27H,5,10-12,14H2,1-4H3/p+1. The number of ether oxygens (including phenoxy) is 2. The van der Waals surface area contributed by atoms with E-state index in [1.165, 1.54) is 12.7 Å². The first-order valence-corrected chi connectivity index (χ1v) is 10.6. The number of fused-ring (bicyclic) bond motifs is 1. The summed E-state index contributed by atoms with van der Waals surface area (Å²) in [6.45, 7) is 4.24. The van der Waals surface area contributed by atoms with Gasteiger partial charge in [0, 0.05) is 37.1 Å². The van der Waals surface area contributed by atoms with Crippen LogP contribution in [0.3, 0.4) is 0 Å². The maximum atomic E-state index is 13.1. The molecule has 3 heterocycles. The summed E-state index contributed by atoms with van der Waals surface area (Å²) in [5, 5.41) is 12.0. The summed E-state index contributed by atoms with van der Waals surface area (Å²) in [5.74, 6) is 0.270. The molecule has 156 valence electrons. The number of hydrogen-bond donors (Lipinski definition) is 2. The molecule has 3 aliphatic heterocycles. The first-order chi connectivity index (χ1) is 13.9. The highest BCUT2D eigenvalue weighted by atomic mass is 16.5. The second-order valence-electron chi connectivity index (χ2n) is 9.31. The van der Waals surface area contributed by atoms with E-state index >= 15 is 0 Å². The van der Waals surface area contributed by atoms with Crippen LogP contribution in [0.15, 0.2) is 30.4 Å². The number of carbonyl (C=O) groups is 1. The fraction of sp³-hybridized carbons (Fsp3) is 0.609. The topological polar surface area (TPSA) is 63.4 Å². The Morgan fingerprint density at radius 3 is 2.86 bits per heavy atom. The molecule has 1 saturated carbocycles. The molecule has 2 fully saturated rings. The molecule has 6 atom stereocenters. The van der Waals surface area contributed by atoms with E-state index in [1.807, 2.05) is 19.2 Å². The fourth-order valence-corrected chi connectivity index (χ4v) is 7.55. The summed E-state index contributed by atoms with van der Waals surface area (Å²) in [6.07, 6.45) is 6.78. The molecule has 6 unspecified atom stereocenters. The molecule has 1 saturated heterocycles. The van der Waals surface area contributed by atoms with Crippen molar-refractivity contribution in [2.75, 3.05) is 39.3 Å². The number of esters is 1. The van der Waals surface area contributed by atoms with Gasteiger partial charge in [0.25, 0.3) is 0 Å². The largest absolute Gasteiger partial charge is 0.497 e. The van der Waals surface area contributed by atoms with Crippen LogP contribution in [0.4, 0.5) is 5.69 Å². The van der Waals surface area contributed by atoms with E-state index < -0.39 is 11.6 Å². The lowest BCUT2D eigenvalue weighted by atomic mass is 9.49. The van der Waals surface area contributed by atoms with Crippen molar-refractivity contribution in [2.45, 2.75) is 49.3 Å². The molecule has 1 aliphatic carbocycles. The highest BCUT2D eigenvalue weighted by Crippen LogP contribution is 2.63. The lowest BCUT2D eigenvalue weighted by molar-refractivity contribution is -0.919. The zero-order chi connectivity index (χ0) is 20.6. The molecule has 0 aromatic heterocycles. The van der Waals surface area contributed by atoms with Crippen LogP contribution in [-0.4, -0.2) is 63.1 Å². The molecule has 2 N–H and O–H groups in total. The van der Waals surface area contributed by atoms with Crippen LogP contribution < -0.4 is 14.5 Å². The van der Waals surface area contributed by atoms with E-state index in [9.17, 15) is 9.90 Å². The SMILES string of the molecule is CCC12C=CC[NH+]3CCC4(c5ccc(OC)cc5N(C)C4C(O)(C(=O)OC)C1)C32. The van der Waals surface area contributed by atoms with Crippen LogP contribution >= 0.6 is 0 Å². The number of aliphatic hydroxyl groups is 1. The van der Waals surface area contributed by atoms with Gasteiger partial charge in [0.2, 0.25) is 0 Å². The average Bonchev–Trinajstić information content (AvgIpc) is 3.25. The van der Waals surface area contributed by atoms with Crippen LogP contribution in [-0.2, 0) is 14.9 Å². The predicted octanol–water partition coefficient (Wildman–Crippen LogP) is 0.683. The molecule has 29 heavy (non-hydrogen) atoms. The zero-order valence-electron chi connectivity index (χ0n) is 17.7. The monoisotopic (exact) mass is 399 g/mol. The summed E-state index contributed by atoms with van der Waals surface area (Å²) in [4.78, 5) is 16.8. The van der Waals surface area contributed by atoms with Crippen LogP contribution in [0.2, 0.25) is 0 Å². The van der Waals surface area contributed by atoms with Crippen molar-refractivity contribution < 1.29 is 24.3 Å². The molecule has 0 amide bonds. The third-order valence-corrected chi connectivity index (χ3v) is 8.40. The Bertz CT molecular complexity index is 901. The van der Waals surface area contributed by atoms with E-state index in [4.69, 9.17) is 9.47 Å². The number of hydrogen-bond acceptors (Lipinski definition) is 5. The number of nitrogens with zero attached hydrogens (tertiary/aromatic N) is 1. The van der Waals surface area contributed by atoms with Crippen LogP contribution in [0.25, 0.3) is 0 Å². The van der Waals surface area contributed by atoms with Gasteiger partial charge in [-0.2, -0.15) is 0 Å². The molecular formula is C23H31N2O4+. The molecule has 6 nitrogen and oxygen atoms in total. The first-order valence-electron chi connectivity index (χ1n) is 10.6. The van der Waals surface area contributed by atoms with Gasteiger partial charge in [-0.25, -0.2) is 4.79 Å². The number of nitrogens with one attached hydrogen (secondary N) is 1. The minimum absolute atomic E-state index is 0.230. The van der Waals surface area contributed by atoms with Crippen LogP contribution in [0, 0.1) is 5.41 Å². The van der Waals surface area contributed by atoms with Gasteiger partial charge in [0.1, 0.15) is 11.8 Å². The van der Waals surface area contributed by atoms with Crippen molar-refractivity contribution in [1.29, 1.82) is 0 Å². The third-order valence-electron chi connectivity index (χ3n) is 8.40. The maximum Gasteiger partial charge on any atom is 0.340 e. The fourth-order valence-electron chi connectivity index (χ4n) is 7.55. The maximum absolute atomic E-state index is 13.1. The summed E-state index contributed by atoms with van der Waals surface area (Å²) in [7, 11) is 5.05. The average molecular weight is 400 g/mol. The second-order valence-corrected chi connectivity index (χ2v) is 9.31. The zero-order valence-corrected chi connectivity index (χ0v) is 17.7. The number of carbonyl (C=O) groups excluding carboxylic acids is 1. The van der Waals surface area contributed by atoms with E-state index in [-0.39, 0.29) is 16.9 Å². The molecule has 1 aromatic carbocycles. The van der Waals surface area contributed by atoms with Crippen molar-refractivity contribution in [2.24, 2.45) is 5.41 Å². The molecule has 0 bridgehead atoms. The molecule has 1 spiro atoms. The van der Waals surface area contributed by atoms with Gasteiger partial charge in [-0.05, 0) is 24.1 Å². The molecule has 1 aromatic rings. The Hall–Kier alpha value is -2.05. The lowest BCUT2D eigenvalue weighted by Gasteiger charge is -2.58. The van der Waals surface area contributed by atoms with Gasteiger partial charge in [-0.15, -0.1) is 0 Å². The second kappa shape index (κ2) is 5.99. The molecule has 5 rings (SSSR count). The minimum Gasteiger partial charge on any atom is -0.497 e. The van der Waals surface area contributed by atoms with Crippen molar-refractivity contribution in [1.82, 2.24) is 0 Å². The number of rotatable bonds is 3. The summed E-state index contributed by atoms with van der Waals surface area (Å²) in [6, 6.07) is 6.20. The van der Waals surface area contributed by atoms with E-state index in [2.05, 4.69) is 30.0 Å². The predicted molar refractivity (Wildman–Crippen MR) is 109 cm³/mol. The highest BCUT2D eigenvalue weighted by molar-refractivity contribution is 5.85. The van der Waals surface area contributed by atoms with Crippen LogP contribution in [0.5, 0.6) is 5.75 Å². The smallest absolute Gasteiger partial charge is 0.340 e. The van der Waals surface area contributed by atoms with E-state index in [0.29, 0.717) is 12.5 Å². The van der Waals surface area contributed by atoms with Gasteiger partial charge in [0.15, 0.2) is 5.60 Å². The molecule has 0 radical (unpaired) electrons. The first kappa shape index (κ1) is 18.9. The Morgan fingerprint density at radius 1 is 1.38 bits per heavy atom. The Morgan fingerprint density at radius 2 is 2.17 bits per heavy atom.